The molecule has 3 rings (SSSR count). The zero-order valence-electron chi connectivity index (χ0n) is 11.5. The Kier molecular flexibility index (Phi) is 2.78. The van der Waals surface area contributed by atoms with E-state index in [1.54, 1.807) is 18.8 Å². The van der Waals surface area contributed by atoms with Gasteiger partial charge in [-0.1, -0.05) is 12.1 Å². The molecule has 0 radical (unpaired) electrons. The minimum atomic E-state index is -0.303. The van der Waals surface area contributed by atoms with Crippen LogP contribution in [0.1, 0.15) is 5.69 Å². The number of aromatic amines is 1. The Bertz CT molecular complexity index is 848. The Hall–Kier alpha value is -2.63. The van der Waals surface area contributed by atoms with Gasteiger partial charge in [-0.15, -0.1) is 0 Å². The molecular formula is C14H14N4O2. The highest BCUT2D eigenvalue weighted by atomic mass is 16.5. The van der Waals surface area contributed by atoms with Gasteiger partial charge in [0.25, 0.3) is 5.56 Å². The summed E-state index contributed by atoms with van der Waals surface area (Å²) in [5.41, 5.74) is 2.38. The summed E-state index contributed by atoms with van der Waals surface area (Å²) < 4.78 is 6.85. The molecule has 6 nitrogen and oxygen atoms in total. The van der Waals surface area contributed by atoms with Crippen molar-refractivity contribution in [2.45, 2.75) is 6.92 Å². The molecular weight excluding hydrogens is 256 g/mol. The van der Waals surface area contributed by atoms with Crippen LogP contribution in [0.5, 0.6) is 5.75 Å². The number of benzene rings is 1. The van der Waals surface area contributed by atoms with Gasteiger partial charge < -0.3 is 9.72 Å². The molecule has 1 N–H and O–H groups in total. The lowest BCUT2D eigenvalue weighted by Crippen LogP contribution is -2.12. The van der Waals surface area contributed by atoms with Gasteiger partial charge in [-0.2, -0.15) is 10.1 Å². The molecule has 20 heavy (non-hydrogen) atoms. The number of hydrogen-bond acceptors (Lipinski definition) is 4. The fraction of sp³-hybridized carbons (Fsp3) is 0.214. The van der Waals surface area contributed by atoms with Crippen LogP contribution in [0, 0.1) is 6.92 Å². The number of ether oxygens (including phenoxy) is 1. The van der Waals surface area contributed by atoms with Crippen molar-refractivity contribution in [1.29, 1.82) is 0 Å². The van der Waals surface area contributed by atoms with Crippen LogP contribution in [-0.4, -0.2) is 26.9 Å². The van der Waals surface area contributed by atoms with Gasteiger partial charge in [-0.25, -0.2) is 0 Å². The number of rotatable bonds is 2. The van der Waals surface area contributed by atoms with Gasteiger partial charge in [0.2, 0.25) is 0 Å². The van der Waals surface area contributed by atoms with E-state index >= 15 is 0 Å². The van der Waals surface area contributed by atoms with Gasteiger partial charge in [0.05, 0.1) is 23.9 Å². The van der Waals surface area contributed by atoms with E-state index in [4.69, 9.17) is 4.74 Å². The zero-order valence-corrected chi connectivity index (χ0v) is 11.5. The third-order valence-corrected chi connectivity index (χ3v) is 3.24. The molecule has 0 fully saturated rings. The highest BCUT2D eigenvalue weighted by molar-refractivity contribution is 5.79. The first-order valence-electron chi connectivity index (χ1n) is 6.19. The molecule has 6 heteroatoms. The number of nitrogens with one attached hydrogen (secondary N) is 1. The van der Waals surface area contributed by atoms with Crippen LogP contribution >= 0.6 is 0 Å². The first-order valence-corrected chi connectivity index (χ1v) is 6.19. The van der Waals surface area contributed by atoms with E-state index in [1.165, 1.54) is 0 Å². The topological polar surface area (TPSA) is 72.8 Å². The summed E-state index contributed by atoms with van der Waals surface area (Å²) in [6.45, 7) is 1.85. The van der Waals surface area contributed by atoms with Gasteiger partial charge in [0.15, 0.2) is 5.52 Å². The predicted octanol–water partition coefficient (Wildman–Crippen LogP) is 1.64. The monoisotopic (exact) mass is 270 g/mol. The fourth-order valence-electron chi connectivity index (χ4n) is 2.32. The van der Waals surface area contributed by atoms with Crippen LogP contribution in [0.4, 0.5) is 0 Å². The van der Waals surface area contributed by atoms with Crippen LogP contribution < -0.4 is 10.3 Å². The Balaban J connectivity index is 2.33. The van der Waals surface area contributed by atoms with Crippen molar-refractivity contribution in [3.8, 4) is 17.1 Å². The van der Waals surface area contributed by atoms with E-state index in [1.807, 2.05) is 31.2 Å². The molecule has 0 bridgehead atoms. The number of aromatic nitrogens is 4. The Morgan fingerprint density at radius 1 is 1.30 bits per heavy atom. The van der Waals surface area contributed by atoms with Crippen LogP contribution in [-0.2, 0) is 7.05 Å². The average Bonchev–Trinajstić information content (AvgIpc) is 2.74. The van der Waals surface area contributed by atoms with Crippen LogP contribution in [0.3, 0.4) is 0 Å². The van der Waals surface area contributed by atoms with Crippen molar-refractivity contribution in [2.75, 3.05) is 7.11 Å². The van der Waals surface area contributed by atoms with Gasteiger partial charge in [0.1, 0.15) is 11.6 Å². The number of para-hydroxylation sites is 1. The summed E-state index contributed by atoms with van der Waals surface area (Å²) in [6, 6.07) is 7.43. The summed E-state index contributed by atoms with van der Waals surface area (Å²) in [6.07, 6.45) is 0. The van der Waals surface area contributed by atoms with E-state index in [9.17, 15) is 4.79 Å². The third-order valence-electron chi connectivity index (χ3n) is 3.24. The standard InChI is InChI=1S/C14H14N4O2/c1-8-11-12(18(2)17-8)14(19)16-13(15-11)9-6-4-5-7-10(9)20-3/h4-7H,1-3H3,(H,15,16,19). The first-order chi connectivity index (χ1) is 9.61. The number of methoxy groups -OCH3 is 1. The quantitative estimate of drug-likeness (QED) is 0.768. The minimum Gasteiger partial charge on any atom is -0.496 e. The van der Waals surface area contributed by atoms with Gasteiger partial charge >= 0.3 is 0 Å². The number of fused-ring (bicyclic) bond motifs is 1. The fourth-order valence-corrected chi connectivity index (χ4v) is 2.32. The summed E-state index contributed by atoms with van der Waals surface area (Å²) in [4.78, 5) is 19.4. The molecule has 0 saturated heterocycles. The normalized spacial score (nSPS) is 10.9. The van der Waals surface area contributed by atoms with Crippen LogP contribution in [0.15, 0.2) is 29.1 Å². The van der Waals surface area contributed by atoms with Crippen molar-refractivity contribution >= 4 is 11.0 Å². The van der Waals surface area contributed by atoms with Crippen molar-refractivity contribution in [3.05, 3.63) is 40.3 Å². The molecule has 102 valence electrons. The van der Waals surface area contributed by atoms with E-state index < -0.39 is 0 Å². The number of aryl methyl sites for hydroxylation is 2. The molecule has 0 atom stereocenters. The average molecular weight is 270 g/mol. The second kappa shape index (κ2) is 4.48. The predicted molar refractivity (Wildman–Crippen MR) is 75.9 cm³/mol. The second-order valence-electron chi connectivity index (χ2n) is 4.52. The molecule has 3 aromatic rings. The lowest BCUT2D eigenvalue weighted by atomic mass is 10.2. The summed E-state index contributed by atoms with van der Waals surface area (Å²) in [7, 11) is 3.32. The van der Waals surface area contributed by atoms with Crippen molar-refractivity contribution in [2.24, 2.45) is 7.05 Å². The van der Waals surface area contributed by atoms with Crippen molar-refractivity contribution in [3.63, 3.8) is 0 Å². The summed E-state index contributed by atoms with van der Waals surface area (Å²) >= 11 is 0. The third kappa shape index (κ3) is 1.77. The number of nitrogens with zero attached hydrogens (tertiary/aromatic N) is 3. The molecule has 2 heterocycles. The molecule has 0 aliphatic carbocycles. The van der Waals surface area contributed by atoms with E-state index in [0.717, 1.165) is 11.3 Å². The minimum absolute atomic E-state index is 0.303. The lowest BCUT2D eigenvalue weighted by Gasteiger charge is -2.07. The van der Waals surface area contributed by atoms with E-state index in [-0.39, 0.29) is 5.56 Å². The molecule has 0 spiro atoms. The maximum Gasteiger partial charge on any atom is 0.299 e. The first kappa shape index (κ1) is 12.4. The molecule has 0 aliphatic rings. The Morgan fingerprint density at radius 2 is 2.05 bits per heavy atom. The molecule has 0 saturated carbocycles. The van der Waals surface area contributed by atoms with Gasteiger partial charge in [-0.05, 0) is 19.1 Å². The summed E-state index contributed by atoms with van der Waals surface area (Å²) in [5, 5.41) is 4.24. The molecule has 2 aromatic heterocycles. The highest BCUT2D eigenvalue weighted by Crippen LogP contribution is 2.27. The maximum atomic E-state index is 12.2. The number of hydrogen-bond donors (Lipinski definition) is 1. The molecule has 0 unspecified atom stereocenters. The smallest absolute Gasteiger partial charge is 0.299 e. The Labute approximate surface area is 115 Å². The summed E-state index contributed by atoms with van der Waals surface area (Å²) in [5.74, 6) is 1.15. The SMILES string of the molecule is COc1ccccc1-c1nc(=O)c2c([nH]1)c(C)nn2C. The molecule has 0 aliphatic heterocycles. The molecule has 0 amide bonds. The van der Waals surface area contributed by atoms with Crippen molar-refractivity contribution in [1.82, 2.24) is 19.7 Å². The van der Waals surface area contributed by atoms with Gasteiger partial charge in [0, 0.05) is 7.05 Å². The van der Waals surface area contributed by atoms with Crippen LogP contribution in [0.25, 0.3) is 22.4 Å². The van der Waals surface area contributed by atoms with Crippen LogP contribution in [0.2, 0.25) is 0 Å². The lowest BCUT2D eigenvalue weighted by molar-refractivity contribution is 0.416. The van der Waals surface area contributed by atoms with E-state index in [2.05, 4.69) is 15.1 Å². The second-order valence-corrected chi connectivity index (χ2v) is 4.52. The Morgan fingerprint density at radius 3 is 2.80 bits per heavy atom. The molecule has 1 aromatic carbocycles. The van der Waals surface area contributed by atoms with Crippen molar-refractivity contribution < 1.29 is 4.74 Å². The largest absolute Gasteiger partial charge is 0.496 e. The number of H-pyrrole nitrogens is 1. The highest BCUT2D eigenvalue weighted by Gasteiger charge is 2.14. The van der Waals surface area contributed by atoms with Gasteiger partial charge in [-0.3, -0.25) is 9.48 Å². The van der Waals surface area contributed by atoms with E-state index in [0.29, 0.717) is 22.6 Å². The maximum absolute atomic E-state index is 12.2. The zero-order chi connectivity index (χ0) is 14.3.